The molecule has 3 nitrogen and oxygen atoms in total. The maximum absolute atomic E-state index is 12.7. The van der Waals surface area contributed by atoms with Crippen LogP contribution in [-0.4, -0.2) is 28.6 Å². The predicted molar refractivity (Wildman–Crippen MR) is 101 cm³/mol. The normalized spacial score (nSPS) is 30.5. The van der Waals surface area contributed by atoms with Crippen LogP contribution in [0.15, 0.2) is 24.3 Å². The van der Waals surface area contributed by atoms with Gasteiger partial charge in [-0.15, -0.1) is 23.5 Å². The van der Waals surface area contributed by atoms with Crippen molar-refractivity contribution in [3.63, 3.8) is 0 Å². The van der Waals surface area contributed by atoms with E-state index in [1.54, 1.807) is 7.11 Å². The van der Waals surface area contributed by atoms with E-state index in [-0.39, 0.29) is 11.8 Å². The third-order valence-electron chi connectivity index (χ3n) is 5.87. The van der Waals surface area contributed by atoms with E-state index in [1.807, 2.05) is 24.3 Å². The van der Waals surface area contributed by atoms with Gasteiger partial charge in [0, 0.05) is 24.0 Å². The van der Waals surface area contributed by atoms with Gasteiger partial charge in [-0.25, -0.2) is 0 Å². The summed E-state index contributed by atoms with van der Waals surface area (Å²) in [6, 6.07) is 7.93. The van der Waals surface area contributed by atoms with Gasteiger partial charge in [0.1, 0.15) is 5.75 Å². The summed E-state index contributed by atoms with van der Waals surface area (Å²) in [5.41, 5.74) is 1.13. The molecule has 3 fully saturated rings. The van der Waals surface area contributed by atoms with Gasteiger partial charge in [0.15, 0.2) is 0 Å². The van der Waals surface area contributed by atoms with Crippen molar-refractivity contribution in [1.29, 1.82) is 0 Å². The highest BCUT2D eigenvalue weighted by Crippen LogP contribution is 2.65. The Morgan fingerprint density at radius 3 is 2.38 bits per heavy atom. The second-order valence-electron chi connectivity index (χ2n) is 7.12. The second-order valence-corrected chi connectivity index (χ2v) is 10.1. The topological polar surface area (TPSA) is 38.3 Å². The molecule has 3 aliphatic rings. The maximum atomic E-state index is 12.7. The molecular formula is C19H25NO2S2. The summed E-state index contributed by atoms with van der Waals surface area (Å²) in [7, 11) is 1.67. The molecule has 2 unspecified atom stereocenters. The van der Waals surface area contributed by atoms with E-state index in [4.69, 9.17) is 4.74 Å². The van der Waals surface area contributed by atoms with E-state index in [2.05, 4.69) is 28.8 Å². The van der Waals surface area contributed by atoms with Crippen LogP contribution in [0.2, 0.25) is 0 Å². The molecule has 24 heavy (non-hydrogen) atoms. The quantitative estimate of drug-likeness (QED) is 0.880. The maximum Gasteiger partial charge on any atom is 0.223 e. The number of carbonyl (C=O) groups is 1. The Bertz CT molecular complexity index is 582. The Morgan fingerprint density at radius 1 is 1.17 bits per heavy atom. The fraction of sp³-hybridized carbons (Fsp3) is 0.632. The summed E-state index contributed by atoms with van der Waals surface area (Å²) >= 11 is 4.38. The molecule has 1 saturated heterocycles. The molecule has 1 aromatic rings. The highest BCUT2D eigenvalue weighted by atomic mass is 32.2. The van der Waals surface area contributed by atoms with Crippen LogP contribution in [0.3, 0.4) is 0 Å². The lowest BCUT2D eigenvalue weighted by molar-refractivity contribution is -0.126. The zero-order chi connectivity index (χ0) is 16.6. The Morgan fingerprint density at radius 2 is 1.79 bits per heavy atom. The summed E-state index contributed by atoms with van der Waals surface area (Å²) in [6.07, 6.45) is 4.83. The first-order chi connectivity index (χ1) is 11.7. The lowest BCUT2D eigenvalue weighted by Crippen LogP contribution is -2.42. The molecular weight excluding hydrogens is 338 g/mol. The van der Waals surface area contributed by atoms with Gasteiger partial charge in [0.25, 0.3) is 0 Å². The van der Waals surface area contributed by atoms with Crippen molar-refractivity contribution in [2.24, 2.45) is 17.8 Å². The Labute approximate surface area is 152 Å². The molecule has 130 valence electrons. The molecule has 2 saturated carbocycles. The van der Waals surface area contributed by atoms with Crippen molar-refractivity contribution in [2.75, 3.05) is 18.6 Å². The van der Waals surface area contributed by atoms with Crippen molar-refractivity contribution in [2.45, 2.75) is 36.3 Å². The van der Waals surface area contributed by atoms with E-state index >= 15 is 0 Å². The van der Waals surface area contributed by atoms with Crippen LogP contribution in [0, 0.1) is 17.8 Å². The van der Waals surface area contributed by atoms with Gasteiger partial charge in [0.2, 0.25) is 5.91 Å². The van der Waals surface area contributed by atoms with Crippen molar-refractivity contribution in [1.82, 2.24) is 5.32 Å². The highest BCUT2D eigenvalue weighted by molar-refractivity contribution is 8.21. The van der Waals surface area contributed by atoms with E-state index in [1.165, 1.54) is 24.3 Å². The summed E-state index contributed by atoms with van der Waals surface area (Å²) in [5.74, 6) is 5.40. The van der Waals surface area contributed by atoms with Gasteiger partial charge in [0.05, 0.1) is 11.2 Å². The number of rotatable bonds is 4. The summed E-state index contributed by atoms with van der Waals surface area (Å²) in [6.45, 7) is 0.614. The highest BCUT2D eigenvalue weighted by Gasteiger charge is 2.57. The van der Waals surface area contributed by atoms with Crippen molar-refractivity contribution in [3.05, 3.63) is 29.8 Å². The van der Waals surface area contributed by atoms with Crippen LogP contribution < -0.4 is 10.1 Å². The van der Waals surface area contributed by atoms with Gasteiger partial charge in [-0.2, -0.15) is 0 Å². The first-order valence-electron chi connectivity index (χ1n) is 8.90. The minimum Gasteiger partial charge on any atom is -0.497 e. The Balaban J connectivity index is 1.34. The standard InChI is InChI=1S/C19H25NO2S2/c1-22-17-6-2-13(3-7-17)12-20-18(21)14-10-15-4-5-16(11-14)19(15)23-8-9-24-19/h2-3,6-7,14-16H,4-5,8-12H2,1H3,(H,20,21). The average molecular weight is 364 g/mol. The number of hydrogen-bond acceptors (Lipinski definition) is 4. The number of nitrogens with one attached hydrogen (secondary N) is 1. The van der Waals surface area contributed by atoms with Crippen LogP contribution in [0.25, 0.3) is 0 Å². The zero-order valence-corrected chi connectivity index (χ0v) is 15.8. The Kier molecular flexibility index (Phi) is 4.74. The van der Waals surface area contributed by atoms with E-state index < -0.39 is 0 Å². The second kappa shape index (κ2) is 6.83. The van der Waals surface area contributed by atoms with Gasteiger partial charge in [-0.1, -0.05) is 12.1 Å². The largest absolute Gasteiger partial charge is 0.497 e. The van der Waals surface area contributed by atoms with Crippen LogP contribution in [-0.2, 0) is 11.3 Å². The van der Waals surface area contributed by atoms with Crippen LogP contribution in [0.4, 0.5) is 0 Å². The molecule has 2 bridgehead atoms. The molecule has 4 rings (SSSR count). The first kappa shape index (κ1) is 16.6. The molecule has 1 N–H and O–H groups in total. The minimum atomic E-state index is 0.216. The monoisotopic (exact) mass is 363 g/mol. The van der Waals surface area contributed by atoms with Crippen molar-refractivity contribution >= 4 is 29.4 Å². The molecule has 0 aromatic heterocycles. The molecule has 0 radical (unpaired) electrons. The molecule has 5 heteroatoms. The number of hydrogen-bond donors (Lipinski definition) is 1. The fourth-order valence-electron chi connectivity index (χ4n) is 4.69. The van der Waals surface area contributed by atoms with Gasteiger partial charge < -0.3 is 10.1 Å². The predicted octanol–water partition coefficient (Wildman–Crippen LogP) is 3.92. The zero-order valence-electron chi connectivity index (χ0n) is 14.1. The number of methoxy groups -OCH3 is 1. The molecule has 1 aliphatic heterocycles. The van der Waals surface area contributed by atoms with Gasteiger partial charge >= 0.3 is 0 Å². The van der Waals surface area contributed by atoms with Crippen molar-refractivity contribution < 1.29 is 9.53 Å². The first-order valence-corrected chi connectivity index (χ1v) is 10.9. The number of carbonyl (C=O) groups excluding carboxylic acids is 1. The Hall–Kier alpha value is -0.810. The van der Waals surface area contributed by atoms with E-state index in [9.17, 15) is 4.79 Å². The number of amides is 1. The molecule has 1 heterocycles. The number of thioether (sulfide) groups is 2. The molecule has 1 aromatic carbocycles. The van der Waals surface area contributed by atoms with Crippen LogP contribution in [0.1, 0.15) is 31.2 Å². The van der Waals surface area contributed by atoms with E-state index in [0.29, 0.717) is 10.6 Å². The molecule has 2 atom stereocenters. The third-order valence-corrected chi connectivity index (χ3v) is 9.89. The smallest absolute Gasteiger partial charge is 0.223 e. The molecule has 2 aliphatic carbocycles. The number of ether oxygens (including phenoxy) is 1. The third kappa shape index (κ3) is 2.94. The van der Waals surface area contributed by atoms with Gasteiger partial charge in [-0.3, -0.25) is 4.79 Å². The average Bonchev–Trinajstić information content (AvgIpc) is 3.15. The summed E-state index contributed by atoms with van der Waals surface area (Å²) in [5, 5.41) is 3.16. The van der Waals surface area contributed by atoms with Gasteiger partial charge in [-0.05, 0) is 55.2 Å². The summed E-state index contributed by atoms with van der Waals surface area (Å²) in [4.78, 5) is 12.7. The van der Waals surface area contributed by atoms with Crippen LogP contribution >= 0.6 is 23.5 Å². The fourth-order valence-corrected chi connectivity index (χ4v) is 8.63. The lowest BCUT2D eigenvalue weighted by Gasteiger charge is -2.42. The van der Waals surface area contributed by atoms with Crippen molar-refractivity contribution in [3.8, 4) is 5.75 Å². The van der Waals surface area contributed by atoms with E-state index in [0.717, 1.165) is 36.0 Å². The minimum absolute atomic E-state index is 0.216. The SMILES string of the molecule is COc1ccc(CNC(=O)C2CC3CCC(C2)C32SCCS2)cc1. The summed E-state index contributed by atoms with van der Waals surface area (Å²) < 4.78 is 5.64. The molecule has 1 amide bonds. The molecule has 1 spiro atoms. The van der Waals surface area contributed by atoms with Crippen LogP contribution in [0.5, 0.6) is 5.75 Å². The number of benzene rings is 1. The lowest BCUT2D eigenvalue weighted by atomic mass is 9.79.